The van der Waals surface area contributed by atoms with E-state index in [1.807, 2.05) is 0 Å². The molecule has 22 heavy (non-hydrogen) atoms. The molecule has 118 valence electrons. The van der Waals surface area contributed by atoms with E-state index >= 15 is 0 Å². The summed E-state index contributed by atoms with van der Waals surface area (Å²) < 4.78 is 78.3. The monoisotopic (exact) mass is 358 g/mol. The lowest BCUT2D eigenvalue weighted by Gasteiger charge is -2.19. The average Bonchev–Trinajstić information content (AvgIpc) is 2.39. The van der Waals surface area contributed by atoms with Gasteiger partial charge in [-0.2, -0.15) is 26.3 Å². The van der Waals surface area contributed by atoms with Crippen LogP contribution in [0.1, 0.15) is 11.1 Å². The molecule has 0 unspecified atom stereocenters. The third kappa shape index (κ3) is 3.33. The van der Waals surface area contributed by atoms with Gasteiger partial charge in [0.1, 0.15) is 0 Å². The van der Waals surface area contributed by atoms with Crippen LogP contribution in [0.5, 0.6) is 0 Å². The van der Waals surface area contributed by atoms with Crippen LogP contribution in [0, 0.1) is 0 Å². The lowest BCUT2D eigenvalue weighted by atomic mass is 9.93. The summed E-state index contributed by atoms with van der Waals surface area (Å²) in [5.74, 6) is 0. The van der Waals surface area contributed by atoms with Gasteiger partial charge in [-0.05, 0) is 29.8 Å². The van der Waals surface area contributed by atoms with Gasteiger partial charge in [-0.25, -0.2) is 0 Å². The van der Waals surface area contributed by atoms with Crippen molar-refractivity contribution in [3.05, 3.63) is 57.6 Å². The van der Waals surface area contributed by atoms with E-state index in [2.05, 4.69) is 0 Å². The Morgan fingerprint density at radius 3 is 1.59 bits per heavy atom. The maximum atomic E-state index is 13.1. The van der Waals surface area contributed by atoms with Crippen molar-refractivity contribution in [1.82, 2.24) is 0 Å². The predicted octanol–water partition coefficient (Wildman–Crippen LogP) is 6.70. The Hall–Kier alpha value is -1.40. The maximum absolute atomic E-state index is 13.1. The van der Waals surface area contributed by atoms with Crippen molar-refractivity contribution in [2.24, 2.45) is 0 Å². The maximum Gasteiger partial charge on any atom is 0.417 e. The van der Waals surface area contributed by atoms with Crippen LogP contribution in [0.25, 0.3) is 11.1 Å². The van der Waals surface area contributed by atoms with Gasteiger partial charge in [0.05, 0.1) is 21.2 Å². The number of alkyl halides is 6. The molecule has 0 saturated heterocycles. The normalized spacial score (nSPS) is 12.5. The zero-order valence-electron chi connectivity index (χ0n) is 10.5. The van der Waals surface area contributed by atoms with Crippen LogP contribution in [0.15, 0.2) is 36.4 Å². The van der Waals surface area contributed by atoms with Crippen LogP contribution < -0.4 is 0 Å². The molecule has 0 aliphatic heterocycles. The predicted molar refractivity (Wildman–Crippen MR) is 71.9 cm³/mol. The van der Waals surface area contributed by atoms with Gasteiger partial charge in [0.2, 0.25) is 0 Å². The van der Waals surface area contributed by atoms with Gasteiger partial charge in [-0.3, -0.25) is 0 Å². The molecule has 0 nitrogen and oxygen atoms in total. The van der Waals surface area contributed by atoms with Crippen LogP contribution in [0.2, 0.25) is 10.0 Å². The first kappa shape index (κ1) is 17.0. The third-order valence-electron chi connectivity index (χ3n) is 2.88. The van der Waals surface area contributed by atoms with E-state index in [4.69, 9.17) is 23.2 Å². The molecule has 0 atom stereocenters. The van der Waals surface area contributed by atoms with Gasteiger partial charge < -0.3 is 0 Å². The summed E-state index contributed by atoms with van der Waals surface area (Å²) in [6.07, 6.45) is -9.88. The van der Waals surface area contributed by atoms with Gasteiger partial charge in [0, 0.05) is 5.56 Å². The first-order valence-electron chi connectivity index (χ1n) is 5.74. The molecule has 0 aliphatic carbocycles. The van der Waals surface area contributed by atoms with Crippen molar-refractivity contribution in [2.45, 2.75) is 12.4 Å². The molecular formula is C14H6Cl2F6. The molecule has 0 aliphatic rings. The number of benzene rings is 2. The Morgan fingerprint density at radius 1 is 0.682 bits per heavy atom. The summed E-state index contributed by atoms with van der Waals surface area (Å²) in [6.45, 7) is 0. The molecule has 2 aromatic rings. The molecule has 0 radical (unpaired) electrons. The van der Waals surface area contributed by atoms with E-state index in [0.717, 1.165) is 18.2 Å². The largest absolute Gasteiger partial charge is 0.417 e. The summed E-state index contributed by atoms with van der Waals surface area (Å²) >= 11 is 11.4. The second-order valence-corrected chi connectivity index (χ2v) is 5.17. The molecule has 8 heteroatoms. The van der Waals surface area contributed by atoms with E-state index in [0.29, 0.717) is 18.2 Å². The zero-order chi connectivity index (χ0) is 16.7. The molecule has 0 amide bonds. The third-order valence-corrected chi connectivity index (χ3v) is 3.62. The van der Waals surface area contributed by atoms with Crippen LogP contribution in [-0.2, 0) is 12.4 Å². The highest BCUT2D eigenvalue weighted by molar-refractivity contribution is 6.42. The SMILES string of the molecule is FC(F)(F)c1cccc(C(F)(F)F)c1-c1ccc(Cl)c(Cl)c1. The molecule has 0 aromatic heterocycles. The minimum atomic E-state index is -4.94. The number of hydrogen-bond acceptors (Lipinski definition) is 0. The quantitative estimate of drug-likeness (QED) is 0.497. The number of rotatable bonds is 1. The Balaban J connectivity index is 2.83. The van der Waals surface area contributed by atoms with Crippen molar-refractivity contribution in [2.75, 3.05) is 0 Å². The molecule has 0 bridgehead atoms. The summed E-state index contributed by atoms with van der Waals surface area (Å²) in [4.78, 5) is 0. The molecule has 0 saturated carbocycles. The van der Waals surface area contributed by atoms with Crippen LogP contribution in [-0.4, -0.2) is 0 Å². The summed E-state index contributed by atoms with van der Waals surface area (Å²) in [6, 6.07) is 5.08. The van der Waals surface area contributed by atoms with Crippen molar-refractivity contribution in [3.63, 3.8) is 0 Å². The average molecular weight is 359 g/mol. The van der Waals surface area contributed by atoms with E-state index in [1.165, 1.54) is 0 Å². The second-order valence-electron chi connectivity index (χ2n) is 4.35. The van der Waals surface area contributed by atoms with Crippen molar-refractivity contribution < 1.29 is 26.3 Å². The molecule has 0 N–H and O–H groups in total. The van der Waals surface area contributed by atoms with Crippen LogP contribution in [0.3, 0.4) is 0 Å². The van der Waals surface area contributed by atoms with Gasteiger partial charge in [-0.1, -0.05) is 35.3 Å². The summed E-state index contributed by atoms with van der Waals surface area (Å²) in [7, 11) is 0. The first-order valence-corrected chi connectivity index (χ1v) is 6.50. The Kier molecular flexibility index (Phi) is 4.37. The van der Waals surface area contributed by atoms with Gasteiger partial charge >= 0.3 is 12.4 Å². The fourth-order valence-corrected chi connectivity index (χ4v) is 2.29. The highest BCUT2D eigenvalue weighted by Gasteiger charge is 2.40. The zero-order valence-corrected chi connectivity index (χ0v) is 12.0. The standard InChI is InChI=1S/C14H6Cl2F6/c15-10-5-4-7(6-11(10)16)12-8(13(17,18)19)2-1-3-9(12)14(20,21)22/h1-6H. The Labute approximate surface area is 131 Å². The minimum Gasteiger partial charge on any atom is -0.166 e. The fourth-order valence-electron chi connectivity index (χ4n) is 1.99. The van der Waals surface area contributed by atoms with Gasteiger partial charge in [-0.15, -0.1) is 0 Å². The molecule has 0 spiro atoms. The van der Waals surface area contributed by atoms with E-state index < -0.39 is 29.0 Å². The molecule has 2 rings (SSSR count). The van der Waals surface area contributed by atoms with Gasteiger partial charge in [0.25, 0.3) is 0 Å². The van der Waals surface area contributed by atoms with Crippen LogP contribution in [0.4, 0.5) is 26.3 Å². The molecule has 0 fully saturated rings. The highest BCUT2D eigenvalue weighted by atomic mass is 35.5. The highest BCUT2D eigenvalue weighted by Crippen LogP contribution is 2.45. The lowest BCUT2D eigenvalue weighted by molar-refractivity contribution is -0.142. The van der Waals surface area contributed by atoms with Crippen molar-refractivity contribution in [3.8, 4) is 11.1 Å². The molecular weight excluding hydrogens is 353 g/mol. The smallest absolute Gasteiger partial charge is 0.166 e. The number of hydrogen-bond donors (Lipinski definition) is 0. The van der Waals surface area contributed by atoms with Crippen molar-refractivity contribution in [1.29, 1.82) is 0 Å². The number of halogens is 8. The van der Waals surface area contributed by atoms with Crippen molar-refractivity contribution >= 4 is 23.2 Å². The summed E-state index contributed by atoms with van der Waals surface area (Å²) in [5, 5.41) is -0.104. The van der Waals surface area contributed by atoms with E-state index in [1.54, 1.807) is 0 Å². The van der Waals surface area contributed by atoms with E-state index in [9.17, 15) is 26.3 Å². The topological polar surface area (TPSA) is 0 Å². The van der Waals surface area contributed by atoms with Gasteiger partial charge in [0.15, 0.2) is 0 Å². The Morgan fingerprint density at radius 2 is 1.18 bits per heavy atom. The van der Waals surface area contributed by atoms with Crippen LogP contribution >= 0.6 is 23.2 Å². The molecule has 2 aromatic carbocycles. The van der Waals surface area contributed by atoms with E-state index in [-0.39, 0.29) is 15.6 Å². The lowest BCUT2D eigenvalue weighted by Crippen LogP contribution is -2.14. The summed E-state index contributed by atoms with van der Waals surface area (Å²) in [5.41, 5.74) is -4.06. The first-order chi connectivity index (χ1) is 10.0. The molecule has 0 heterocycles. The fraction of sp³-hybridized carbons (Fsp3) is 0.143. The Bertz CT molecular complexity index is 671. The minimum absolute atomic E-state index is 0.0310. The second kappa shape index (κ2) is 5.66.